The van der Waals surface area contributed by atoms with Crippen molar-refractivity contribution in [3.05, 3.63) is 22.2 Å². The fourth-order valence-electron chi connectivity index (χ4n) is 1.58. The molecule has 2 rings (SSSR count). The van der Waals surface area contributed by atoms with E-state index in [9.17, 15) is 4.79 Å². The highest BCUT2D eigenvalue weighted by molar-refractivity contribution is 7.98. The predicted molar refractivity (Wildman–Crippen MR) is 75.7 cm³/mol. The molecule has 7 nitrogen and oxygen atoms in total. The lowest BCUT2D eigenvalue weighted by Crippen LogP contribution is -2.17. The number of aromatic amines is 1. The first-order valence-corrected chi connectivity index (χ1v) is 7.51. The molecule has 2 heterocycles. The monoisotopic (exact) mass is 297 g/mol. The van der Waals surface area contributed by atoms with Crippen LogP contribution in [-0.2, 0) is 17.7 Å². The molecule has 0 aliphatic carbocycles. The molecule has 0 aliphatic rings. The summed E-state index contributed by atoms with van der Waals surface area (Å²) < 4.78 is 6.85. The highest BCUT2D eigenvalue weighted by Gasteiger charge is 2.22. The van der Waals surface area contributed by atoms with E-state index in [0.29, 0.717) is 29.2 Å². The zero-order valence-electron chi connectivity index (χ0n) is 12.1. The van der Waals surface area contributed by atoms with E-state index in [1.54, 1.807) is 4.57 Å². The fraction of sp³-hybridized carbons (Fsp3) is 0.667. The maximum Gasteiger partial charge on any atom is 0.343 e. The van der Waals surface area contributed by atoms with Crippen molar-refractivity contribution in [2.45, 2.75) is 57.0 Å². The Labute approximate surface area is 121 Å². The van der Waals surface area contributed by atoms with Crippen molar-refractivity contribution in [3.8, 4) is 0 Å². The lowest BCUT2D eigenvalue weighted by molar-refractivity contribution is 0.319. The standard InChI is InChI=1S/C12H19N5O2S/c1-5-6-17-10(18)14-15-11(17)20-7-8-13-9(19-16-8)12(2,3)4/h5-7H2,1-4H3,(H,14,18). The maximum absolute atomic E-state index is 11.6. The van der Waals surface area contributed by atoms with E-state index in [-0.39, 0.29) is 11.1 Å². The largest absolute Gasteiger partial charge is 0.343 e. The summed E-state index contributed by atoms with van der Waals surface area (Å²) in [6, 6.07) is 0. The van der Waals surface area contributed by atoms with Crippen LogP contribution in [0.2, 0.25) is 0 Å². The van der Waals surface area contributed by atoms with Crippen molar-refractivity contribution in [2.75, 3.05) is 0 Å². The van der Waals surface area contributed by atoms with Crippen molar-refractivity contribution in [3.63, 3.8) is 0 Å². The number of nitrogens with zero attached hydrogens (tertiary/aromatic N) is 4. The normalized spacial score (nSPS) is 12.0. The molecule has 20 heavy (non-hydrogen) atoms. The van der Waals surface area contributed by atoms with Gasteiger partial charge in [-0.3, -0.25) is 4.57 Å². The van der Waals surface area contributed by atoms with Crippen LogP contribution in [0.5, 0.6) is 0 Å². The number of hydrogen-bond donors (Lipinski definition) is 1. The highest BCUT2D eigenvalue weighted by Crippen LogP contribution is 2.22. The van der Waals surface area contributed by atoms with E-state index in [1.165, 1.54) is 11.8 Å². The molecule has 0 fully saturated rings. The lowest BCUT2D eigenvalue weighted by Gasteiger charge is -2.10. The van der Waals surface area contributed by atoms with Gasteiger partial charge in [0, 0.05) is 12.0 Å². The molecule has 110 valence electrons. The average Bonchev–Trinajstić information content (AvgIpc) is 2.96. The van der Waals surface area contributed by atoms with Crippen LogP contribution in [0.3, 0.4) is 0 Å². The molecule has 0 unspecified atom stereocenters. The minimum absolute atomic E-state index is 0.160. The Morgan fingerprint density at radius 3 is 2.75 bits per heavy atom. The zero-order chi connectivity index (χ0) is 14.8. The number of nitrogens with one attached hydrogen (secondary N) is 1. The smallest absolute Gasteiger partial charge is 0.339 e. The third kappa shape index (κ3) is 3.30. The van der Waals surface area contributed by atoms with Gasteiger partial charge in [0.1, 0.15) is 0 Å². The summed E-state index contributed by atoms with van der Waals surface area (Å²) in [7, 11) is 0. The quantitative estimate of drug-likeness (QED) is 0.848. The van der Waals surface area contributed by atoms with Gasteiger partial charge in [0.25, 0.3) is 0 Å². The molecule has 2 aromatic rings. The summed E-state index contributed by atoms with van der Waals surface area (Å²) in [5.74, 6) is 1.74. The van der Waals surface area contributed by atoms with E-state index in [4.69, 9.17) is 4.52 Å². The van der Waals surface area contributed by atoms with Crippen LogP contribution in [0.1, 0.15) is 45.8 Å². The van der Waals surface area contributed by atoms with Crippen LogP contribution < -0.4 is 5.69 Å². The minimum atomic E-state index is -0.183. The lowest BCUT2D eigenvalue weighted by atomic mass is 9.97. The number of thioether (sulfide) groups is 1. The molecule has 0 atom stereocenters. The van der Waals surface area contributed by atoms with Gasteiger partial charge < -0.3 is 4.52 Å². The Morgan fingerprint density at radius 2 is 2.15 bits per heavy atom. The van der Waals surface area contributed by atoms with E-state index in [2.05, 4.69) is 20.3 Å². The molecular formula is C12H19N5O2S. The number of aromatic nitrogens is 5. The summed E-state index contributed by atoms with van der Waals surface area (Å²) in [5.41, 5.74) is -0.343. The minimum Gasteiger partial charge on any atom is -0.339 e. The van der Waals surface area contributed by atoms with Crippen LogP contribution in [0, 0.1) is 0 Å². The number of rotatable bonds is 5. The second-order valence-corrected chi connectivity index (χ2v) is 6.46. The van der Waals surface area contributed by atoms with Crippen molar-refractivity contribution in [1.29, 1.82) is 0 Å². The first-order chi connectivity index (χ1) is 9.41. The molecular weight excluding hydrogens is 278 g/mol. The summed E-state index contributed by atoms with van der Waals surface area (Å²) in [4.78, 5) is 15.9. The highest BCUT2D eigenvalue weighted by atomic mass is 32.2. The number of H-pyrrole nitrogens is 1. The Kier molecular flexibility index (Phi) is 4.32. The molecule has 1 N–H and O–H groups in total. The van der Waals surface area contributed by atoms with Gasteiger partial charge in [0.2, 0.25) is 5.89 Å². The first-order valence-electron chi connectivity index (χ1n) is 6.53. The molecule has 0 amide bonds. The van der Waals surface area contributed by atoms with E-state index in [1.807, 2.05) is 27.7 Å². The molecule has 0 aliphatic heterocycles. The van der Waals surface area contributed by atoms with Crippen LogP contribution in [0.4, 0.5) is 0 Å². The van der Waals surface area contributed by atoms with Gasteiger partial charge >= 0.3 is 5.69 Å². The van der Waals surface area contributed by atoms with Gasteiger partial charge in [-0.2, -0.15) is 4.98 Å². The Bertz CT molecular complexity index is 622. The van der Waals surface area contributed by atoms with Gasteiger partial charge in [-0.05, 0) is 6.42 Å². The van der Waals surface area contributed by atoms with Crippen molar-refractivity contribution >= 4 is 11.8 Å². The van der Waals surface area contributed by atoms with Crippen molar-refractivity contribution in [2.24, 2.45) is 0 Å². The molecule has 0 saturated carbocycles. The topological polar surface area (TPSA) is 89.6 Å². The van der Waals surface area contributed by atoms with Gasteiger partial charge in [-0.1, -0.05) is 44.6 Å². The number of hydrogen-bond acceptors (Lipinski definition) is 6. The van der Waals surface area contributed by atoms with Crippen LogP contribution in [-0.4, -0.2) is 24.9 Å². The van der Waals surface area contributed by atoms with E-state index < -0.39 is 0 Å². The van der Waals surface area contributed by atoms with Gasteiger partial charge in [-0.25, -0.2) is 9.89 Å². The second kappa shape index (κ2) is 5.82. The van der Waals surface area contributed by atoms with E-state index >= 15 is 0 Å². The molecule has 0 radical (unpaired) electrons. The maximum atomic E-state index is 11.6. The van der Waals surface area contributed by atoms with Gasteiger partial charge in [-0.15, -0.1) is 5.10 Å². The summed E-state index contributed by atoms with van der Waals surface area (Å²) in [6.07, 6.45) is 0.878. The molecule has 0 saturated heterocycles. The van der Waals surface area contributed by atoms with Gasteiger partial charge in [0.05, 0.1) is 5.75 Å². The average molecular weight is 297 g/mol. The molecule has 0 spiro atoms. The third-order valence-electron chi connectivity index (χ3n) is 2.61. The fourth-order valence-corrected chi connectivity index (χ4v) is 2.40. The predicted octanol–water partition coefficient (Wildman–Crippen LogP) is 1.95. The second-order valence-electron chi connectivity index (χ2n) is 5.52. The van der Waals surface area contributed by atoms with Crippen LogP contribution in [0.25, 0.3) is 0 Å². The summed E-state index contributed by atoms with van der Waals surface area (Å²) in [6.45, 7) is 8.72. The molecule has 0 bridgehead atoms. The van der Waals surface area contributed by atoms with E-state index in [0.717, 1.165) is 6.42 Å². The summed E-state index contributed by atoms with van der Waals surface area (Å²) >= 11 is 1.42. The molecule has 2 aromatic heterocycles. The zero-order valence-corrected chi connectivity index (χ0v) is 13.0. The SMILES string of the molecule is CCCn1c(SCc2noc(C(C)(C)C)n2)n[nH]c1=O. The third-order valence-corrected chi connectivity index (χ3v) is 3.58. The van der Waals surface area contributed by atoms with Crippen LogP contribution >= 0.6 is 11.8 Å². The first kappa shape index (κ1) is 14.8. The molecule has 0 aromatic carbocycles. The Morgan fingerprint density at radius 1 is 1.40 bits per heavy atom. The van der Waals surface area contributed by atoms with Crippen molar-refractivity contribution in [1.82, 2.24) is 24.9 Å². The van der Waals surface area contributed by atoms with Gasteiger partial charge in [0.15, 0.2) is 11.0 Å². The Balaban J connectivity index is 2.06. The van der Waals surface area contributed by atoms with Crippen LogP contribution in [0.15, 0.2) is 14.5 Å². The molecule has 8 heteroatoms. The summed E-state index contributed by atoms with van der Waals surface area (Å²) in [5, 5.41) is 11.1. The van der Waals surface area contributed by atoms with Crippen molar-refractivity contribution < 1.29 is 4.52 Å². The Hall–Kier alpha value is -1.57.